The van der Waals surface area contributed by atoms with Crippen LogP contribution in [0.25, 0.3) is 0 Å². The largest absolute Gasteiger partial charge is 0.276 e. The summed E-state index contributed by atoms with van der Waals surface area (Å²) in [5, 5.41) is 8.28. The van der Waals surface area contributed by atoms with Crippen molar-refractivity contribution in [2.24, 2.45) is 0 Å². The summed E-state index contributed by atoms with van der Waals surface area (Å²) in [5.74, 6) is 0. The van der Waals surface area contributed by atoms with Crippen LogP contribution in [0.15, 0.2) is 17.3 Å². The fourth-order valence-corrected chi connectivity index (χ4v) is 3.28. The number of hydrogen-bond acceptors (Lipinski definition) is 4. The van der Waals surface area contributed by atoms with Crippen molar-refractivity contribution in [1.29, 1.82) is 0 Å². The van der Waals surface area contributed by atoms with Gasteiger partial charge in [-0.3, -0.25) is 14.1 Å². The quantitative estimate of drug-likeness (QED) is 0.907. The summed E-state index contributed by atoms with van der Waals surface area (Å²) in [7, 11) is -3.64. The highest BCUT2D eigenvalue weighted by atomic mass is 32.2. The van der Waals surface area contributed by atoms with E-state index in [0.29, 0.717) is 24.5 Å². The smallest absolute Gasteiger partial charge is 0.265 e. The molecular weight excluding hydrogens is 278 g/mol. The van der Waals surface area contributed by atoms with Gasteiger partial charge in [0.05, 0.1) is 23.3 Å². The Balaban J connectivity index is 2.35. The molecule has 1 N–H and O–H groups in total. The van der Waals surface area contributed by atoms with Gasteiger partial charge >= 0.3 is 0 Å². The van der Waals surface area contributed by atoms with Crippen LogP contribution in [0.3, 0.4) is 0 Å². The predicted octanol–water partition coefficient (Wildman–Crippen LogP) is 1.54. The topological polar surface area (TPSA) is 81.8 Å². The summed E-state index contributed by atoms with van der Waals surface area (Å²) >= 11 is 0. The minimum atomic E-state index is -3.64. The molecule has 0 saturated carbocycles. The van der Waals surface area contributed by atoms with Gasteiger partial charge in [-0.15, -0.1) is 0 Å². The van der Waals surface area contributed by atoms with E-state index in [9.17, 15) is 8.42 Å². The van der Waals surface area contributed by atoms with Crippen molar-refractivity contribution in [3.8, 4) is 0 Å². The number of rotatable bonds is 5. The molecule has 0 aliphatic rings. The second kappa shape index (κ2) is 5.28. The first-order valence-electron chi connectivity index (χ1n) is 6.48. The van der Waals surface area contributed by atoms with E-state index in [-0.39, 0.29) is 4.90 Å². The van der Waals surface area contributed by atoms with Crippen LogP contribution in [0.2, 0.25) is 0 Å². The molecule has 0 bridgehead atoms. The van der Waals surface area contributed by atoms with Gasteiger partial charge in [0, 0.05) is 19.3 Å². The molecule has 8 heteroatoms. The molecule has 0 unspecified atom stereocenters. The zero-order valence-corrected chi connectivity index (χ0v) is 12.9. The number of hydrogen-bond donors (Lipinski definition) is 1. The lowest BCUT2D eigenvalue weighted by atomic mass is 10.4. The van der Waals surface area contributed by atoms with Crippen LogP contribution in [0.1, 0.15) is 25.2 Å². The average molecular weight is 297 g/mol. The highest BCUT2D eigenvalue weighted by Gasteiger charge is 2.22. The molecule has 0 spiro atoms. The van der Waals surface area contributed by atoms with Crippen LogP contribution in [0, 0.1) is 13.8 Å². The minimum Gasteiger partial charge on any atom is -0.276 e. The standard InChI is InChI=1S/C12H19N5O2S/c1-5-16-8-12(9(3)14-16)20(18,19)15-11-7-13-17(6-2)10(11)4/h7-8,15H,5-6H2,1-4H3. The van der Waals surface area contributed by atoms with Crippen molar-refractivity contribution in [2.75, 3.05) is 4.72 Å². The van der Waals surface area contributed by atoms with Crippen LogP contribution in [0.5, 0.6) is 0 Å². The average Bonchev–Trinajstić information content (AvgIpc) is 2.94. The molecule has 0 fully saturated rings. The molecule has 0 aliphatic carbocycles. The molecule has 2 heterocycles. The van der Waals surface area contributed by atoms with Crippen LogP contribution < -0.4 is 4.72 Å². The van der Waals surface area contributed by atoms with Crippen LogP contribution in [0.4, 0.5) is 5.69 Å². The van der Waals surface area contributed by atoms with Crippen molar-refractivity contribution in [3.05, 3.63) is 23.8 Å². The molecule has 2 rings (SSSR count). The Hall–Kier alpha value is -1.83. The van der Waals surface area contributed by atoms with Gasteiger partial charge < -0.3 is 0 Å². The number of nitrogens with one attached hydrogen (secondary N) is 1. The lowest BCUT2D eigenvalue weighted by molar-refractivity contribution is 0.600. The van der Waals surface area contributed by atoms with Crippen LogP contribution in [-0.4, -0.2) is 28.0 Å². The molecule has 0 saturated heterocycles. The SMILES string of the molecule is CCn1cc(S(=O)(=O)Nc2cnn(CC)c2C)c(C)n1. The fraction of sp³-hybridized carbons (Fsp3) is 0.500. The lowest BCUT2D eigenvalue weighted by Gasteiger charge is -2.06. The summed E-state index contributed by atoms with van der Waals surface area (Å²) in [6, 6.07) is 0. The first kappa shape index (κ1) is 14.6. The second-order valence-corrected chi connectivity index (χ2v) is 6.15. The Bertz CT molecular complexity index is 714. The lowest BCUT2D eigenvalue weighted by Crippen LogP contribution is -2.14. The zero-order valence-electron chi connectivity index (χ0n) is 12.1. The van der Waals surface area contributed by atoms with Gasteiger partial charge in [-0.1, -0.05) is 0 Å². The second-order valence-electron chi connectivity index (χ2n) is 4.50. The van der Waals surface area contributed by atoms with E-state index in [1.54, 1.807) is 16.3 Å². The highest BCUT2D eigenvalue weighted by Crippen LogP contribution is 2.21. The fourth-order valence-electron chi connectivity index (χ4n) is 1.99. The van der Waals surface area contributed by atoms with Gasteiger partial charge in [-0.2, -0.15) is 10.2 Å². The molecule has 0 aromatic carbocycles. The van der Waals surface area contributed by atoms with Crippen molar-refractivity contribution in [3.63, 3.8) is 0 Å². The molecule has 0 radical (unpaired) electrons. The number of nitrogens with zero attached hydrogens (tertiary/aromatic N) is 4. The first-order valence-corrected chi connectivity index (χ1v) is 7.96. The maximum Gasteiger partial charge on any atom is 0.265 e. The highest BCUT2D eigenvalue weighted by molar-refractivity contribution is 7.92. The summed E-state index contributed by atoms with van der Waals surface area (Å²) in [4.78, 5) is 0.197. The van der Waals surface area contributed by atoms with E-state index in [2.05, 4.69) is 14.9 Å². The maximum absolute atomic E-state index is 12.4. The molecular formula is C12H19N5O2S. The molecule has 0 atom stereocenters. The summed E-state index contributed by atoms with van der Waals surface area (Å²) < 4.78 is 30.7. The zero-order chi connectivity index (χ0) is 14.9. The molecule has 110 valence electrons. The summed E-state index contributed by atoms with van der Waals surface area (Å²) in [6.07, 6.45) is 3.06. The summed E-state index contributed by atoms with van der Waals surface area (Å²) in [6.45, 7) is 8.70. The third-order valence-electron chi connectivity index (χ3n) is 3.16. The van der Waals surface area contributed by atoms with E-state index in [1.807, 2.05) is 20.8 Å². The monoisotopic (exact) mass is 297 g/mol. The van der Waals surface area contributed by atoms with Gasteiger partial charge in [0.25, 0.3) is 10.0 Å². The third-order valence-corrected chi connectivity index (χ3v) is 4.63. The van der Waals surface area contributed by atoms with E-state index in [0.717, 1.165) is 5.69 Å². The number of aromatic nitrogens is 4. The Morgan fingerprint density at radius 2 is 1.95 bits per heavy atom. The Kier molecular flexibility index (Phi) is 3.85. The normalized spacial score (nSPS) is 11.8. The molecule has 7 nitrogen and oxygen atoms in total. The maximum atomic E-state index is 12.4. The van der Waals surface area contributed by atoms with E-state index in [1.165, 1.54) is 12.4 Å². The van der Waals surface area contributed by atoms with E-state index < -0.39 is 10.0 Å². The molecule has 2 aromatic heterocycles. The van der Waals surface area contributed by atoms with Crippen molar-refractivity contribution in [1.82, 2.24) is 19.6 Å². The van der Waals surface area contributed by atoms with Gasteiger partial charge in [0.1, 0.15) is 4.90 Å². The minimum absolute atomic E-state index is 0.197. The van der Waals surface area contributed by atoms with Crippen LogP contribution in [-0.2, 0) is 23.1 Å². The third kappa shape index (κ3) is 2.55. The Labute approximate surface area is 118 Å². The number of sulfonamides is 1. The van der Waals surface area contributed by atoms with Crippen molar-refractivity contribution >= 4 is 15.7 Å². The van der Waals surface area contributed by atoms with Gasteiger partial charge in [-0.05, 0) is 27.7 Å². The van der Waals surface area contributed by atoms with Gasteiger partial charge in [0.2, 0.25) is 0 Å². The Morgan fingerprint density at radius 1 is 1.25 bits per heavy atom. The van der Waals surface area contributed by atoms with Crippen molar-refractivity contribution in [2.45, 2.75) is 45.7 Å². The molecule has 2 aromatic rings. The number of aryl methyl sites for hydroxylation is 3. The van der Waals surface area contributed by atoms with E-state index in [4.69, 9.17) is 0 Å². The van der Waals surface area contributed by atoms with Crippen LogP contribution >= 0.6 is 0 Å². The van der Waals surface area contributed by atoms with Gasteiger partial charge in [0.15, 0.2) is 0 Å². The van der Waals surface area contributed by atoms with Gasteiger partial charge in [-0.25, -0.2) is 8.42 Å². The molecule has 0 aliphatic heterocycles. The molecule has 0 amide bonds. The predicted molar refractivity (Wildman–Crippen MR) is 76.1 cm³/mol. The Morgan fingerprint density at radius 3 is 2.45 bits per heavy atom. The van der Waals surface area contributed by atoms with E-state index >= 15 is 0 Å². The van der Waals surface area contributed by atoms with Crippen molar-refractivity contribution < 1.29 is 8.42 Å². The first-order chi connectivity index (χ1) is 9.39. The number of anilines is 1. The summed E-state index contributed by atoms with van der Waals surface area (Å²) in [5.41, 5.74) is 1.77. The molecule has 20 heavy (non-hydrogen) atoms.